The molecule has 142 valence electrons. The highest BCUT2D eigenvalue weighted by molar-refractivity contribution is 8.03. The predicted molar refractivity (Wildman–Crippen MR) is 117 cm³/mol. The minimum atomic E-state index is -3.70. The second kappa shape index (κ2) is 7.66. The Balaban J connectivity index is 1.75. The van der Waals surface area contributed by atoms with Gasteiger partial charge in [-0.3, -0.25) is 0 Å². The highest BCUT2D eigenvalue weighted by Crippen LogP contribution is 2.46. The molecule has 0 N–H and O–H groups in total. The molecular weight excluding hydrogens is 410 g/mol. The van der Waals surface area contributed by atoms with E-state index in [1.165, 1.54) is 16.1 Å². The van der Waals surface area contributed by atoms with Crippen LogP contribution in [0.4, 0.5) is 5.69 Å². The highest BCUT2D eigenvalue weighted by Gasteiger charge is 2.37. The molecule has 3 aromatic rings. The lowest BCUT2D eigenvalue weighted by molar-refractivity contribution is 0.592. The monoisotopic (exact) mass is 427 g/mol. The van der Waals surface area contributed by atoms with Crippen LogP contribution in [0, 0.1) is 6.92 Å². The summed E-state index contributed by atoms with van der Waals surface area (Å²) in [6, 6.07) is 22.0. The van der Waals surface area contributed by atoms with Crippen LogP contribution in [0.2, 0.25) is 5.02 Å². The van der Waals surface area contributed by atoms with E-state index in [0.29, 0.717) is 10.7 Å². The lowest BCUT2D eigenvalue weighted by Gasteiger charge is -2.24. The van der Waals surface area contributed by atoms with Gasteiger partial charge in [-0.25, -0.2) is 12.7 Å². The standard InChI is InChI=1S/C22H18ClNO2S2/c1-16-9-12-19(13-10-16)28(25,26)24-20-7-2-3-8-21(20)27-22(24)14-11-17-5-4-6-18(23)15-17/h2-15,22H,1H3/b14-11+. The van der Waals surface area contributed by atoms with Crippen LogP contribution in [0.1, 0.15) is 11.1 Å². The highest BCUT2D eigenvalue weighted by atomic mass is 35.5. The Hall–Kier alpha value is -2.21. The summed E-state index contributed by atoms with van der Waals surface area (Å²) in [6.07, 6.45) is 3.81. The molecule has 0 fully saturated rings. The number of hydrogen-bond donors (Lipinski definition) is 0. The SMILES string of the molecule is Cc1ccc(S(=O)(=O)N2c3ccccc3SC2/C=C/c2cccc(Cl)c2)cc1. The number of fused-ring (bicyclic) bond motifs is 1. The zero-order chi connectivity index (χ0) is 19.7. The van der Waals surface area contributed by atoms with Gasteiger partial charge in [0.15, 0.2) is 0 Å². The second-order valence-electron chi connectivity index (χ2n) is 6.50. The van der Waals surface area contributed by atoms with Gasteiger partial charge in [0.25, 0.3) is 10.0 Å². The maximum absolute atomic E-state index is 13.4. The zero-order valence-corrected chi connectivity index (χ0v) is 17.5. The largest absolute Gasteiger partial charge is 0.265 e. The van der Waals surface area contributed by atoms with E-state index in [1.807, 2.05) is 79.7 Å². The van der Waals surface area contributed by atoms with E-state index in [2.05, 4.69) is 0 Å². The Morgan fingerprint density at radius 1 is 1.00 bits per heavy atom. The maximum atomic E-state index is 13.4. The van der Waals surface area contributed by atoms with E-state index in [1.54, 1.807) is 12.1 Å². The van der Waals surface area contributed by atoms with Gasteiger partial charge in [0.1, 0.15) is 5.37 Å². The quantitative estimate of drug-likeness (QED) is 0.513. The first-order chi connectivity index (χ1) is 13.4. The van der Waals surface area contributed by atoms with Gasteiger partial charge in [0.2, 0.25) is 0 Å². The number of anilines is 1. The van der Waals surface area contributed by atoms with E-state index in [9.17, 15) is 8.42 Å². The van der Waals surface area contributed by atoms with Gasteiger partial charge >= 0.3 is 0 Å². The molecule has 28 heavy (non-hydrogen) atoms. The van der Waals surface area contributed by atoms with E-state index in [4.69, 9.17) is 11.6 Å². The molecule has 0 radical (unpaired) electrons. The predicted octanol–water partition coefficient (Wildman–Crippen LogP) is 5.99. The summed E-state index contributed by atoms with van der Waals surface area (Å²) in [5.74, 6) is 0. The molecule has 0 aromatic heterocycles. The molecular formula is C22H18ClNO2S2. The number of sulfonamides is 1. The summed E-state index contributed by atoms with van der Waals surface area (Å²) >= 11 is 7.58. The van der Waals surface area contributed by atoms with Crippen LogP contribution in [-0.2, 0) is 10.0 Å². The van der Waals surface area contributed by atoms with Crippen molar-refractivity contribution in [2.75, 3.05) is 4.31 Å². The fraction of sp³-hybridized carbons (Fsp3) is 0.0909. The van der Waals surface area contributed by atoms with E-state index < -0.39 is 10.0 Å². The second-order valence-corrected chi connectivity index (χ2v) is 9.91. The first-order valence-electron chi connectivity index (χ1n) is 8.76. The fourth-order valence-electron chi connectivity index (χ4n) is 3.07. The van der Waals surface area contributed by atoms with Gasteiger partial charge in [-0.05, 0) is 55.0 Å². The summed E-state index contributed by atoms with van der Waals surface area (Å²) in [5.41, 5.74) is 2.65. The average Bonchev–Trinajstić information content (AvgIpc) is 3.06. The van der Waals surface area contributed by atoms with Crippen molar-refractivity contribution < 1.29 is 8.42 Å². The number of nitrogens with zero attached hydrogens (tertiary/aromatic N) is 1. The molecule has 1 unspecified atom stereocenters. The number of rotatable bonds is 4. The molecule has 3 nitrogen and oxygen atoms in total. The number of benzene rings is 3. The van der Waals surface area contributed by atoms with Crippen LogP contribution >= 0.6 is 23.4 Å². The molecule has 0 spiro atoms. The Bertz CT molecular complexity index is 1140. The molecule has 0 aliphatic carbocycles. The fourth-order valence-corrected chi connectivity index (χ4v) is 6.33. The van der Waals surface area contributed by atoms with Gasteiger partial charge in [0.05, 0.1) is 10.6 Å². The molecule has 0 bridgehead atoms. The van der Waals surface area contributed by atoms with Gasteiger partial charge in [-0.15, -0.1) is 0 Å². The maximum Gasteiger partial charge on any atom is 0.265 e. The van der Waals surface area contributed by atoms with Gasteiger partial charge in [0, 0.05) is 9.92 Å². The molecule has 0 amide bonds. The van der Waals surface area contributed by atoms with Crippen LogP contribution < -0.4 is 4.31 Å². The van der Waals surface area contributed by atoms with E-state index in [0.717, 1.165) is 16.0 Å². The minimum Gasteiger partial charge on any atom is -0.248 e. The summed E-state index contributed by atoms with van der Waals surface area (Å²) in [7, 11) is -3.70. The molecule has 4 rings (SSSR count). The first kappa shape index (κ1) is 19.1. The third-order valence-electron chi connectivity index (χ3n) is 4.46. The van der Waals surface area contributed by atoms with Crippen LogP contribution in [0.25, 0.3) is 6.08 Å². The van der Waals surface area contributed by atoms with Crippen molar-refractivity contribution in [3.8, 4) is 0 Å². The van der Waals surface area contributed by atoms with Crippen molar-refractivity contribution in [3.63, 3.8) is 0 Å². The van der Waals surface area contributed by atoms with Crippen molar-refractivity contribution in [1.29, 1.82) is 0 Å². The van der Waals surface area contributed by atoms with E-state index >= 15 is 0 Å². The minimum absolute atomic E-state index is 0.288. The third kappa shape index (κ3) is 3.70. The summed E-state index contributed by atoms with van der Waals surface area (Å²) in [5, 5.41) is 0.274. The molecule has 1 aliphatic heterocycles. The van der Waals surface area contributed by atoms with Gasteiger partial charge in [-0.2, -0.15) is 0 Å². The van der Waals surface area contributed by atoms with Crippen LogP contribution in [0.3, 0.4) is 0 Å². The summed E-state index contributed by atoms with van der Waals surface area (Å²) in [6.45, 7) is 1.94. The number of thioether (sulfide) groups is 1. The Morgan fingerprint density at radius 2 is 1.75 bits per heavy atom. The zero-order valence-electron chi connectivity index (χ0n) is 15.1. The molecule has 1 heterocycles. The Labute approximate surface area is 174 Å². The van der Waals surface area contributed by atoms with Gasteiger partial charge < -0.3 is 0 Å². The van der Waals surface area contributed by atoms with E-state index in [-0.39, 0.29) is 10.3 Å². The number of aryl methyl sites for hydroxylation is 1. The lowest BCUT2D eigenvalue weighted by atomic mass is 10.2. The number of hydrogen-bond acceptors (Lipinski definition) is 3. The van der Waals surface area contributed by atoms with Crippen LogP contribution in [0.5, 0.6) is 0 Å². The van der Waals surface area contributed by atoms with Crippen LogP contribution in [-0.4, -0.2) is 13.8 Å². The van der Waals surface area contributed by atoms with Gasteiger partial charge in [-0.1, -0.05) is 71.4 Å². The number of para-hydroxylation sites is 1. The van der Waals surface area contributed by atoms with Crippen molar-refractivity contribution >= 4 is 45.1 Å². The summed E-state index contributed by atoms with van der Waals surface area (Å²) in [4.78, 5) is 1.23. The topological polar surface area (TPSA) is 37.4 Å². The van der Waals surface area contributed by atoms with Crippen LogP contribution in [0.15, 0.2) is 88.7 Å². The molecule has 1 aliphatic rings. The van der Waals surface area contributed by atoms with Crippen molar-refractivity contribution in [2.24, 2.45) is 0 Å². The Morgan fingerprint density at radius 3 is 2.50 bits per heavy atom. The molecule has 3 aromatic carbocycles. The van der Waals surface area contributed by atoms with Crippen molar-refractivity contribution in [1.82, 2.24) is 0 Å². The molecule has 0 saturated heterocycles. The number of halogens is 1. The normalized spacial score (nSPS) is 16.5. The molecule has 0 saturated carbocycles. The molecule has 6 heteroatoms. The first-order valence-corrected chi connectivity index (χ1v) is 11.5. The Kier molecular flexibility index (Phi) is 5.23. The average molecular weight is 428 g/mol. The summed E-state index contributed by atoms with van der Waals surface area (Å²) < 4.78 is 28.4. The van der Waals surface area contributed by atoms with Crippen molar-refractivity contribution in [3.05, 3.63) is 95.0 Å². The molecule has 1 atom stereocenters. The smallest absolute Gasteiger partial charge is 0.248 e. The lowest BCUT2D eigenvalue weighted by Crippen LogP contribution is -2.34. The third-order valence-corrected chi connectivity index (χ3v) is 7.85. The van der Waals surface area contributed by atoms with Crippen molar-refractivity contribution in [2.45, 2.75) is 22.1 Å².